The monoisotopic (exact) mass is 473 g/mol. The highest BCUT2D eigenvalue weighted by atomic mass is 32.2. The maximum atomic E-state index is 12.6. The molecule has 1 saturated heterocycles. The van der Waals surface area contributed by atoms with E-state index < -0.39 is 0 Å². The highest BCUT2D eigenvalue weighted by Gasteiger charge is 2.26. The minimum atomic E-state index is -0.142. The lowest BCUT2D eigenvalue weighted by Crippen LogP contribution is -2.51. The molecular weight excluding hydrogens is 450 g/mol. The van der Waals surface area contributed by atoms with Crippen molar-refractivity contribution in [1.82, 2.24) is 20.0 Å². The van der Waals surface area contributed by atoms with Crippen molar-refractivity contribution in [2.75, 3.05) is 43.9 Å². The summed E-state index contributed by atoms with van der Waals surface area (Å²) in [7, 11) is 0. The average Bonchev–Trinajstić information content (AvgIpc) is 3.51. The smallest absolute Gasteiger partial charge is 0.289 e. The van der Waals surface area contributed by atoms with E-state index in [2.05, 4.69) is 15.5 Å². The fourth-order valence-corrected chi connectivity index (χ4v) is 4.88. The molecule has 0 saturated carbocycles. The number of para-hydroxylation sites is 2. The number of piperazine rings is 1. The molecule has 32 heavy (non-hydrogen) atoms. The van der Waals surface area contributed by atoms with E-state index in [1.165, 1.54) is 29.4 Å². The first kappa shape index (κ1) is 22.2. The largest absolute Gasteiger partial charge is 0.492 e. The Morgan fingerprint density at radius 3 is 2.66 bits per heavy atom. The molecule has 9 nitrogen and oxygen atoms in total. The van der Waals surface area contributed by atoms with Crippen LogP contribution in [0.5, 0.6) is 5.75 Å². The Balaban J connectivity index is 1.25. The van der Waals surface area contributed by atoms with Gasteiger partial charge < -0.3 is 24.3 Å². The summed E-state index contributed by atoms with van der Waals surface area (Å²) in [5, 5.41) is 12.2. The number of hydrogen-bond donors (Lipinski definition) is 1. The number of ether oxygens (including phenoxy) is 1. The zero-order valence-corrected chi connectivity index (χ0v) is 19.2. The first-order chi connectivity index (χ1) is 15.6. The van der Waals surface area contributed by atoms with Gasteiger partial charge >= 0.3 is 0 Å². The van der Waals surface area contributed by atoms with E-state index in [0.29, 0.717) is 48.0 Å². The lowest BCUT2D eigenvalue weighted by Gasteiger charge is -2.34. The minimum absolute atomic E-state index is 0.0199. The van der Waals surface area contributed by atoms with Crippen LogP contribution < -0.4 is 10.1 Å². The van der Waals surface area contributed by atoms with Crippen LogP contribution in [0.25, 0.3) is 0 Å². The molecule has 2 amide bonds. The van der Waals surface area contributed by atoms with Gasteiger partial charge in [-0.2, -0.15) is 0 Å². The number of carbonyl (C=O) groups is 2. The lowest BCUT2D eigenvalue weighted by atomic mass is 10.3. The summed E-state index contributed by atoms with van der Waals surface area (Å²) >= 11 is 2.75. The molecule has 1 aromatic carbocycles. The number of nitrogens with zero attached hydrogens (tertiary/aromatic N) is 4. The molecule has 1 aliphatic heterocycles. The normalized spacial score (nSPS) is 13.8. The van der Waals surface area contributed by atoms with E-state index in [0.717, 1.165) is 11.4 Å². The van der Waals surface area contributed by atoms with Crippen molar-refractivity contribution in [1.29, 1.82) is 0 Å². The summed E-state index contributed by atoms with van der Waals surface area (Å²) in [6.07, 6.45) is 1.48. The van der Waals surface area contributed by atoms with E-state index in [1.54, 1.807) is 21.9 Å². The van der Waals surface area contributed by atoms with Crippen molar-refractivity contribution >= 4 is 45.7 Å². The number of furan rings is 1. The van der Waals surface area contributed by atoms with Gasteiger partial charge in [0.15, 0.2) is 10.1 Å². The second-order valence-corrected chi connectivity index (χ2v) is 9.07. The maximum Gasteiger partial charge on any atom is 0.289 e. The number of rotatable bonds is 8. The summed E-state index contributed by atoms with van der Waals surface area (Å²) in [4.78, 5) is 28.4. The van der Waals surface area contributed by atoms with E-state index in [4.69, 9.17) is 9.15 Å². The van der Waals surface area contributed by atoms with Crippen molar-refractivity contribution in [3.05, 3.63) is 48.4 Å². The number of nitrogens with one attached hydrogen (secondary N) is 1. The van der Waals surface area contributed by atoms with E-state index in [-0.39, 0.29) is 17.6 Å². The van der Waals surface area contributed by atoms with Gasteiger partial charge in [0.05, 0.1) is 24.3 Å². The standard InChI is InChI=1S/C21H23N5O4S2/c1-2-29-16-7-4-3-6-15(16)22-20-23-24-21(32-20)31-14-18(27)25-9-11-26(12-10-25)19(28)17-8-5-13-30-17/h3-8,13H,2,9-12,14H2,1H3,(H,22,23). The number of hydrogen-bond acceptors (Lipinski definition) is 9. The average molecular weight is 474 g/mol. The van der Waals surface area contributed by atoms with Crippen LogP contribution in [0, 0.1) is 0 Å². The van der Waals surface area contributed by atoms with E-state index >= 15 is 0 Å². The van der Waals surface area contributed by atoms with Crippen LogP contribution in [0.3, 0.4) is 0 Å². The number of thioether (sulfide) groups is 1. The Bertz CT molecular complexity index is 1050. The summed E-state index contributed by atoms with van der Waals surface area (Å²) < 4.78 is 11.5. The fourth-order valence-electron chi connectivity index (χ4n) is 3.21. The third-order valence-electron chi connectivity index (χ3n) is 4.81. The van der Waals surface area contributed by atoms with Crippen LogP contribution in [0.15, 0.2) is 51.4 Å². The van der Waals surface area contributed by atoms with Gasteiger partial charge in [0.25, 0.3) is 5.91 Å². The zero-order chi connectivity index (χ0) is 22.3. The number of carbonyl (C=O) groups excluding carboxylic acids is 2. The quantitative estimate of drug-likeness (QED) is 0.497. The number of aromatic nitrogens is 2. The predicted octanol–water partition coefficient (Wildman–Crippen LogP) is 3.35. The van der Waals surface area contributed by atoms with Crippen molar-refractivity contribution in [3.8, 4) is 5.75 Å². The third-order valence-corrected chi connectivity index (χ3v) is 6.76. The first-order valence-electron chi connectivity index (χ1n) is 10.2. The molecule has 11 heteroatoms. The Labute approximate surface area is 193 Å². The van der Waals surface area contributed by atoms with E-state index in [1.807, 2.05) is 31.2 Å². The number of benzene rings is 1. The molecule has 0 aliphatic carbocycles. The van der Waals surface area contributed by atoms with Crippen molar-refractivity contribution < 1.29 is 18.7 Å². The van der Waals surface area contributed by atoms with Crippen LogP contribution in [0.1, 0.15) is 17.5 Å². The van der Waals surface area contributed by atoms with Gasteiger partial charge in [-0.05, 0) is 31.2 Å². The molecule has 2 aromatic heterocycles. The van der Waals surface area contributed by atoms with Gasteiger partial charge in [-0.3, -0.25) is 9.59 Å². The highest BCUT2D eigenvalue weighted by molar-refractivity contribution is 8.01. The van der Waals surface area contributed by atoms with Crippen LogP contribution in [-0.4, -0.2) is 70.4 Å². The van der Waals surface area contributed by atoms with Crippen molar-refractivity contribution in [2.45, 2.75) is 11.3 Å². The summed E-state index contributed by atoms with van der Waals surface area (Å²) in [5.41, 5.74) is 0.820. The van der Waals surface area contributed by atoms with Crippen molar-refractivity contribution in [2.24, 2.45) is 0 Å². The van der Waals surface area contributed by atoms with Crippen LogP contribution in [0.2, 0.25) is 0 Å². The molecule has 1 N–H and O–H groups in total. The molecule has 0 radical (unpaired) electrons. The van der Waals surface area contributed by atoms with Gasteiger partial charge in [-0.1, -0.05) is 35.2 Å². The molecule has 0 unspecified atom stereocenters. The molecule has 3 aromatic rings. The van der Waals surface area contributed by atoms with E-state index in [9.17, 15) is 9.59 Å². The van der Waals surface area contributed by atoms with Gasteiger partial charge in [0.2, 0.25) is 11.0 Å². The SMILES string of the molecule is CCOc1ccccc1Nc1nnc(SCC(=O)N2CCN(C(=O)c3ccco3)CC2)s1. The zero-order valence-electron chi connectivity index (χ0n) is 17.5. The number of anilines is 2. The molecule has 0 spiro atoms. The number of amides is 2. The van der Waals surface area contributed by atoms with Gasteiger partial charge in [-0.15, -0.1) is 10.2 Å². The van der Waals surface area contributed by atoms with Gasteiger partial charge in [0.1, 0.15) is 5.75 Å². The molecule has 168 valence electrons. The third kappa shape index (κ3) is 5.40. The molecule has 3 heterocycles. The van der Waals surface area contributed by atoms with Gasteiger partial charge in [-0.25, -0.2) is 0 Å². The second-order valence-electron chi connectivity index (χ2n) is 6.87. The topological polar surface area (TPSA) is 101 Å². The Morgan fingerprint density at radius 2 is 1.91 bits per heavy atom. The Kier molecular flexibility index (Phi) is 7.28. The summed E-state index contributed by atoms with van der Waals surface area (Å²) in [6, 6.07) is 11.0. The van der Waals surface area contributed by atoms with Crippen LogP contribution in [-0.2, 0) is 4.79 Å². The molecule has 0 bridgehead atoms. The molecule has 0 atom stereocenters. The summed E-state index contributed by atoms with van der Waals surface area (Å²) in [6.45, 7) is 4.49. The molecule has 1 fully saturated rings. The van der Waals surface area contributed by atoms with Gasteiger partial charge in [0, 0.05) is 26.2 Å². The molecule has 4 rings (SSSR count). The Hall–Kier alpha value is -3.05. The fraction of sp³-hybridized carbons (Fsp3) is 0.333. The second kappa shape index (κ2) is 10.5. The Morgan fingerprint density at radius 1 is 1.12 bits per heavy atom. The first-order valence-corrected chi connectivity index (χ1v) is 12.0. The predicted molar refractivity (Wildman–Crippen MR) is 123 cm³/mol. The molecular formula is C21H23N5O4S2. The highest BCUT2D eigenvalue weighted by Crippen LogP contribution is 2.31. The van der Waals surface area contributed by atoms with Crippen LogP contribution >= 0.6 is 23.1 Å². The summed E-state index contributed by atoms with van der Waals surface area (Å²) in [5.74, 6) is 1.22. The van der Waals surface area contributed by atoms with Crippen LogP contribution in [0.4, 0.5) is 10.8 Å². The molecule has 1 aliphatic rings. The lowest BCUT2D eigenvalue weighted by molar-refractivity contribution is -0.129. The van der Waals surface area contributed by atoms with Crippen molar-refractivity contribution in [3.63, 3.8) is 0 Å². The maximum absolute atomic E-state index is 12.6. The minimum Gasteiger partial charge on any atom is -0.492 e.